The van der Waals surface area contributed by atoms with E-state index in [9.17, 15) is 22.8 Å². The van der Waals surface area contributed by atoms with E-state index in [2.05, 4.69) is 15.9 Å². The van der Waals surface area contributed by atoms with Gasteiger partial charge in [-0.25, -0.2) is 0 Å². The second-order valence-electron chi connectivity index (χ2n) is 8.08. The number of aryl methyl sites for hydroxylation is 1. The average Bonchev–Trinajstić information content (AvgIpc) is 2.99. The van der Waals surface area contributed by atoms with Gasteiger partial charge in [0.05, 0.1) is 5.56 Å². The van der Waals surface area contributed by atoms with E-state index in [1.165, 1.54) is 12.1 Å². The maximum Gasteiger partial charge on any atom is 0.416 e. The van der Waals surface area contributed by atoms with Crippen LogP contribution in [0.1, 0.15) is 52.7 Å². The van der Waals surface area contributed by atoms with Gasteiger partial charge in [-0.15, -0.1) is 0 Å². The zero-order valence-electron chi connectivity index (χ0n) is 16.3. The third-order valence-electron chi connectivity index (χ3n) is 6.35. The molecular weight excluding hydrogens is 459 g/mol. The van der Waals surface area contributed by atoms with Crippen LogP contribution < -0.4 is 0 Å². The molecule has 0 bridgehead atoms. The topological polar surface area (TPSA) is 37.4 Å². The first-order valence-electron chi connectivity index (χ1n) is 9.96. The van der Waals surface area contributed by atoms with Crippen molar-refractivity contribution in [3.8, 4) is 0 Å². The lowest BCUT2D eigenvalue weighted by atomic mass is 9.73. The molecule has 1 saturated heterocycles. The molecule has 1 spiro atoms. The third-order valence-corrected chi connectivity index (χ3v) is 7.01. The molecule has 0 saturated carbocycles. The predicted octanol–water partition coefficient (Wildman–Crippen LogP) is 5.55. The molecule has 7 heteroatoms. The number of amides is 1. The second-order valence-corrected chi connectivity index (χ2v) is 8.93. The van der Waals surface area contributed by atoms with Crippen molar-refractivity contribution >= 4 is 27.6 Å². The molecule has 1 amide bonds. The number of carbonyl (C=O) groups excluding carboxylic acids is 2. The highest BCUT2D eigenvalue weighted by atomic mass is 79.9. The fraction of sp³-hybridized carbons (Fsp3) is 0.391. The third kappa shape index (κ3) is 3.80. The van der Waals surface area contributed by atoms with Crippen molar-refractivity contribution < 1.29 is 22.8 Å². The molecule has 158 valence electrons. The molecule has 2 aromatic rings. The number of Topliss-reactive ketones (excluding diaryl/α,β-unsaturated/α-hetero) is 1. The number of rotatable bonds is 3. The quantitative estimate of drug-likeness (QED) is 0.578. The second kappa shape index (κ2) is 7.84. The Kier molecular flexibility index (Phi) is 5.51. The molecule has 3 nitrogen and oxygen atoms in total. The smallest absolute Gasteiger partial charge is 0.343 e. The summed E-state index contributed by atoms with van der Waals surface area (Å²) in [7, 11) is 0. The lowest BCUT2D eigenvalue weighted by Crippen LogP contribution is -2.44. The minimum absolute atomic E-state index is 0.0410. The number of hydrogen-bond donors (Lipinski definition) is 0. The van der Waals surface area contributed by atoms with Crippen LogP contribution in [-0.4, -0.2) is 29.7 Å². The van der Waals surface area contributed by atoms with Gasteiger partial charge in [-0.1, -0.05) is 46.3 Å². The maximum absolute atomic E-state index is 13.2. The standard InChI is InChI=1S/C23H21BrF3NO2/c24-18-7-3-5-16-19(29)14-22(21(16)18)10-12-28(13-11-22)20(30)9-8-15-4-1-2-6-17(15)23(25,26)27/h1-7H,8-14H2. The summed E-state index contributed by atoms with van der Waals surface area (Å²) in [6.07, 6.45) is -2.51. The molecule has 1 heterocycles. The van der Waals surface area contributed by atoms with Gasteiger partial charge in [0.25, 0.3) is 0 Å². The number of hydrogen-bond acceptors (Lipinski definition) is 2. The Hall–Kier alpha value is -2.15. The molecule has 1 aliphatic carbocycles. The number of halogens is 4. The molecular formula is C23H21BrF3NO2. The Balaban J connectivity index is 1.42. The first-order valence-corrected chi connectivity index (χ1v) is 10.8. The van der Waals surface area contributed by atoms with Gasteiger partial charge in [0, 0.05) is 41.4 Å². The van der Waals surface area contributed by atoms with E-state index in [0.29, 0.717) is 32.4 Å². The first-order chi connectivity index (χ1) is 14.2. The Labute approximate surface area is 181 Å². The highest BCUT2D eigenvalue weighted by Gasteiger charge is 2.46. The number of nitrogens with zero attached hydrogens (tertiary/aromatic N) is 1. The molecule has 4 rings (SSSR count). The minimum Gasteiger partial charge on any atom is -0.343 e. The average molecular weight is 480 g/mol. The van der Waals surface area contributed by atoms with Crippen LogP contribution in [0, 0.1) is 0 Å². The molecule has 0 unspecified atom stereocenters. The van der Waals surface area contributed by atoms with E-state index in [1.54, 1.807) is 11.0 Å². The summed E-state index contributed by atoms with van der Waals surface area (Å²) in [6.45, 7) is 1.02. The van der Waals surface area contributed by atoms with Crippen molar-refractivity contribution in [1.29, 1.82) is 0 Å². The van der Waals surface area contributed by atoms with Crippen LogP contribution in [0.4, 0.5) is 13.2 Å². The molecule has 2 aliphatic rings. The van der Waals surface area contributed by atoms with Gasteiger partial charge < -0.3 is 4.90 Å². The van der Waals surface area contributed by atoms with Gasteiger partial charge in [0.2, 0.25) is 5.91 Å². The van der Waals surface area contributed by atoms with Crippen LogP contribution in [0.15, 0.2) is 46.9 Å². The number of fused-ring (bicyclic) bond motifs is 2. The predicted molar refractivity (Wildman–Crippen MR) is 110 cm³/mol. The van der Waals surface area contributed by atoms with E-state index in [0.717, 1.165) is 21.7 Å². The fourth-order valence-corrected chi connectivity index (χ4v) is 5.60. The van der Waals surface area contributed by atoms with E-state index in [-0.39, 0.29) is 35.5 Å². The van der Waals surface area contributed by atoms with Gasteiger partial charge in [-0.3, -0.25) is 9.59 Å². The molecule has 0 atom stereocenters. The zero-order chi connectivity index (χ0) is 21.5. The van der Waals surface area contributed by atoms with Crippen molar-refractivity contribution in [3.05, 3.63) is 69.2 Å². The molecule has 2 aromatic carbocycles. The minimum atomic E-state index is -4.42. The number of alkyl halides is 3. The van der Waals surface area contributed by atoms with Gasteiger partial charge >= 0.3 is 6.18 Å². The molecule has 0 N–H and O–H groups in total. The summed E-state index contributed by atoms with van der Waals surface area (Å²) in [5, 5.41) is 0. The lowest BCUT2D eigenvalue weighted by molar-refractivity contribution is -0.139. The Morgan fingerprint density at radius 3 is 2.47 bits per heavy atom. The van der Waals surface area contributed by atoms with Crippen molar-refractivity contribution in [2.45, 2.75) is 43.7 Å². The van der Waals surface area contributed by atoms with E-state index in [4.69, 9.17) is 0 Å². The summed E-state index contributed by atoms with van der Waals surface area (Å²) < 4.78 is 40.4. The highest BCUT2D eigenvalue weighted by molar-refractivity contribution is 9.10. The van der Waals surface area contributed by atoms with Crippen LogP contribution in [0.5, 0.6) is 0 Å². The molecule has 1 fully saturated rings. The van der Waals surface area contributed by atoms with Crippen LogP contribution >= 0.6 is 15.9 Å². The lowest BCUT2D eigenvalue weighted by Gasteiger charge is -2.40. The molecule has 1 aliphatic heterocycles. The largest absolute Gasteiger partial charge is 0.416 e. The maximum atomic E-state index is 13.2. The fourth-order valence-electron chi connectivity index (χ4n) is 4.81. The van der Waals surface area contributed by atoms with Gasteiger partial charge in [-0.2, -0.15) is 13.2 Å². The SMILES string of the molecule is O=C1CC2(CCN(C(=O)CCc3ccccc3C(F)(F)F)CC2)c2c(Br)cccc21. The monoisotopic (exact) mass is 479 g/mol. The number of ketones is 1. The Morgan fingerprint density at radius 2 is 1.77 bits per heavy atom. The van der Waals surface area contributed by atoms with Crippen molar-refractivity contribution in [3.63, 3.8) is 0 Å². The van der Waals surface area contributed by atoms with Crippen LogP contribution in [0.2, 0.25) is 0 Å². The van der Waals surface area contributed by atoms with Gasteiger partial charge in [0.1, 0.15) is 0 Å². The Morgan fingerprint density at radius 1 is 1.07 bits per heavy atom. The normalized spacial score (nSPS) is 18.0. The van der Waals surface area contributed by atoms with E-state index in [1.807, 2.05) is 18.2 Å². The van der Waals surface area contributed by atoms with Crippen molar-refractivity contribution in [2.75, 3.05) is 13.1 Å². The zero-order valence-corrected chi connectivity index (χ0v) is 17.9. The van der Waals surface area contributed by atoms with Crippen molar-refractivity contribution in [2.24, 2.45) is 0 Å². The van der Waals surface area contributed by atoms with Gasteiger partial charge in [-0.05, 0) is 42.5 Å². The Bertz CT molecular complexity index is 994. The number of likely N-dealkylation sites (tertiary alicyclic amines) is 1. The molecule has 30 heavy (non-hydrogen) atoms. The highest BCUT2D eigenvalue weighted by Crippen LogP contribution is 2.49. The van der Waals surface area contributed by atoms with Crippen LogP contribution in [-0.2, 0) is 22.8 Å². The van der Waals surface area contributed by atoms with E-state index >= 15 is 0 Å². The van der Waals surface area contributed by atoms with Gasteiger partial charge in [0.15, 0.2) is 5.78 Å². The summed E-state index contributed by atoms with van der Waals surface area (Å²) in [4.78, 5) is 26.9. The van der Waals surface area contributed by atoms with Crippen molar-refractivity contribution in [1.82, 2.24) is 4.90 Å². The van der Waals surface area contributed by atoms with Crippen LogP contribution in [0.25, 0.3) is 0 Å². The molecule has 0 aromatic heterocycles. The summed E-state index contributed by atoms with van der Waals surface area (Å²) in [6, 6.07) is 11.1. The summed E-state index contributed by atoms with van der Waals surface area (Å²) >= 11 is 3.58. The number of carbonyl (C=O) groups is 2. The first kappa shape index (κ1) is 21.1. The molecule has 0 radical (unpaired) electrons. The number of piperidine rings is 1. The van der Waals surface area contributed by atoms with Crippen LogP contribution in [0.3, 0.4) is 0 Å². The summed E-state index contributed by atoms with van der Waals surface area (Å²) in [5.41, 5.74) is 1.01. The summed E-state index contributed by atoms with van der Waals surface area (Å²) in [5.74, 6) is -0.00617. The number of benzene rings is 2. The van der Waals surface area contributed by atoms with E-state index < -0.39 is 11.7 Å².